The van der Waals surface area contributed by atoms with Gasteiger partial charge >= 0.3 is 6.03 Å². The Morgan fingerprint density at radius 2 is 2.00 bits per heavy atom. The van der Waals surface area contributed by atoms with Gasteiger partial charge < -0.3 is 26.2 Å². The molecule has 0 spiro atoms. The third-order valence-electron chi connectivity index (χ3n) is 2.68. The number of rotatable bonds is 1. The minimum absolute atomic E-state index is 0.134. The lowest BCUT2D eigenvalue weighted by Crippen LogP contribution is -2.33. The molecule has 1 aliphatic heterocycles. The van der Waals surface area contributed by atoms with Crippen molar-refractivity contribution in [3.05, 3.63) is 24.3 Å². The zero-order valence-electron chi connectivity index (χ0n) is 9.21. The van der Waals surface area contributed by atoms with Gasteiger partial charge in [-0.1, -0.05) is 6.07 Å². The molecular formula is C11H15N3O3. The summed E-state index contributed by atoms with van der Waals surface area (Å²) in [6.45, 7) is 0.268. The van der Waals surface area contributed by atoms with Gasteiger partial charge in [0.05, 0.1) is 25.3 Å². The highest BCUT2D eigenvalue weighted by Crippen LogP contribution is 2.15. The van der Waals surface area contributed by atoms with Crippen molar-refractivity contribution in [3.8, 4) is 0 Å². The highest BCUT2D eigenvalue weighted by atomic mass is 16.3. The number of amides is 2. The first-order valence-electron chi connectivity index (χ1n) is 5.34. The Kier molecular flexibility index (Phi) is 3.16. The number of benzene rings is 1. The first-order chi connectivity index (χ1) is 8.06. The van der Waals surface area contributed by atoms with Gasteiger partial charge in [0.1, 0.15) is 0 Å². The van der Waals surface area contributed by atoms with E-state index < -0.39 is 12.2 Å². The van der Waals surface area contributed by atoms with Gasteiger partial charge in [-0.15, -0.1) is 0 Å². The van der Waals surface area contributed by atoms with Crippen LogP contribution in [-0.2, 0) is 0 Å². The average molecular weight is 237 g/mol. The summed E-state index contributed by atoms with van der Waals surface area (Å²) >= 11 is 0. The molecule has 1 heterocycles. The number of nitrogens with one attached hydrogen (secondary N) is 1. The van der Waals surface area contributed by atoms with Gasteiger partial charge in [0.25, 0.3) is 0 Å². The maximum Gasteiger partial charge on any atom is 0.322 e. The van der Waals surface area contributed by atoms with Gasteiger partial charge in [-0.2, -0.15) is 0 Å². The maximum absolute atomic E-state index is 11.8. The number of nitrogen functional groups attached to an aromatic ring is 1. The van der Waals surface area contributed by atoms with Crippen LogP contribution < -0.4 is 11.1 Å². The van der Waals surface area contributed by atoms with Crippen molar-refractivity contribution in [2.45, 2.75) is 12.2 Å². The number of urea groups is 1. The Morgan fingerprint density at radius 1 is 1.35 bits per heavy atom. The summed E-state index contributed by atoms with van der Waals surface area (Å²) in [7, 11) is 0. The van der Waals surface area contributed by atoms with Crippen LogP contribution in [0.2, 0.25) is 0 Å². The molecule has 0 radical (unpaired) electrons. The molecule has 17 heavy (non-hydrogen) atoms. The first kappa shape index (κ1) is 11.7. The fourth-order valence-electron chi connectivity index (χ4n) is 1.75. The smallest absolute Gasteiger partial charge is 0.322 e. The minimum Gasteiger partial charge on any atom is -0.399 e. The molecule has 0 aromatic heterocycles. The van der Waals surface area contributed by atoms with Crippen LogP contribution in [0, 0.1) is 0 Å². The number of likely N-dealkylation sites (tertiary alicyclic amines) is 1. The summed E-state index contributed by atoms with van der Waals surface area (Å²) in [6.07, 6.45) is -1.75. The van der Waals surface area contributed by atoms with Crippen LogP contribution in [0.1, 0.15) is 0 Å². The Labute approximate surface area is 98.6 Å². The Morgan fingerprint density at radius 3 is 2.59 bits per heavy atom. The maximum atomic E-state index is 11.8. The van der Waals surface area contributed by atoms with Crippen LogP contribution in [-0.4, -0.2) is 46.4 Å². The predicted octanol–water partition coefficient (Wildman–Crippen LogP) is -0.162. The topological polar surface area (TPSA) is 98.8 Å². The van der Waals surface area contributed by atoms with Crippen LogP contribution in [0.3, 0.4) is 0 Å². The van der Waals surface area contributed by atoms with E-state index in [1.165, 1.54) is 4.90 Å². The van der Waals surface area contributed by atoms with E-state index in [0.29, 0.717) is 11.4 Å². The van der Waals surface area contributed by atoms with Gasteiger partial charge in [-0.25, -0.2) is 4.79 Å². The highest BCUT2D eigenvalue weighted by Gasteiger charge is 2.32. The van der Waals surface area contributed by atoms with Crippen LogP contribution in [0.5, 0.6) is 0 Å². The number of hydrogen-bond donors (Lipinski definition) is 4. The molecule has 6 heteroatoms. The lowest BCUT2D eigenvalue weighted by Gasteiger charge is -2.16. The molecule has 1 fully saturated rings. The molecule has 2 unspecified atom stereocenters. The minimum atomic E-state index is -0.874. The lowest BCUT2D eigenvalue weighted by molar-refractivity contribution is 0.0572. The summed E-state index contributed by atoms with van der Waals surface area (Å²) in [5.41, 5.74) is 6.74. The van der Waals surface area contributed by atoms with Crippen molar-refractivity contribution in [1.82, 2.24) is 4.90 Å². The second-order valence-electron chi connectivity index (χ2n) is 4.10. The van der Waals surface area contributed by atoms with Crippen molar-refractivity contribution in [3.63, 3.8) is 0 Å². The second kappa shape index (κ2) is 4.60. The molecule has 1 aromatic carbocycles. The SMILES string of the molecule is Nc1cccc(NC(=O)N2CC(O)C(O)C2)c1. The second-order valence-corrected chi connectivity index (χ2v) is 4.10. The number of anilines is 2. The van der Waals surface area contributed by atoms with Crippen molar-refractivity contribution in [2.75, 3.05) is 24.1 Å². The van der Waals surface area contributed by atoms with Crippen molar-refractivity contribution in [2.24, 2.45) is 0 Å². The molecule has 2 amide bonds. The van der Waals surface area contributed by atoms with Crippen molar-refractivity contribution >= 4 is 17.4 Å². The van der Waals surface area contributed by atoms with E-state index in [1.54, 1.807) is 24.3 Å². The molecule has 1 aromatic rings. The number of nitrogens with zero attached hydrogens (tertiary/aromatic N) is 1. The van der Waals surface area contributed by atoms with Gasteiger partial charge in [-0.3, -0.25) is 0 Å². The van der Waals surface area contributed by atoms with E-state index >= 15 is 0 Å². The lowest BCUT2D eigenvalue weighted by atomic mass is 10.3. The van der Waals surface area contributed by atoms with E-state index in [0.717, 1.165) is 0 Å². The predicted molar refractivity (Wildman–Crippen MR) is 63.5 cm³/mol. The van der Waals surface area contributed by atoms with Gasteiger partial charge in [0, 0.05) is 11.4 Å². The molecule has 0 saturated carbocycles. The van der Waals surface area contributed by atoms with E-state index in [2.05, 4.69) is 5.32 Å². The Hall–Kier alpha value is -1.79. The molecule has 2 atom stereocenters. The molecular weight excluding hydrogens is 222 g/mol. The van der Waals surface area contributed by atoms with E-state index in [4.69, 9.17) is 5.73 Å². The number of β-amino-alcohol motifs (C(OH)–C–C–N with tert-alkyl or cyclic N) is 2. The van der Waals surface area contributed by atoms with E-state index in [-0.39, 0.29) is 19.1 Å². The van der Waals surface area contributed by atoms with Crippen molar-refractivity contribution < 1.29 is 15.0 Å². The molecule has 1 saturated heterocycles. The Bertz CT molecular complexity index is 414. The standard InChI is InChI=1S/C11H15N3O3/c12-7-2-1-3-8(4-7)13-11(17)14-5-9(15)10(16)6-14/h1-4,9-10,15-16H,5-6,12H2,(H,13,17). The van der Waals surface area contributed by atoms with E-state index in [1.807, 2.05) is 0 Å². The molecule has 2 rings (SSSR count). The summed E-state index contributed by atoms with van der Waals surface area (Å²) in [4.78, 5) is 13.1. The Balaban J connectivity index is 1.98. The number of nitrogens with two attached hydrogens (primary N) is 1. The van der Waals surface area contributed by atoms with Crippen LogP contribution in [0.15, 0.2) is 24.3 Å². The molecule has 0 aliphatic carbocycles. The summed E-state index contributed by atoms with van der Waals surface area (Å²) < 4.78 is 0. The zero-order chi connectivity index (χ0) is 12.4. The number of aliphatic hydroxyl groups is 2. The van der Waals surface area contributed by atoms with Gasteiger partial charge in [-0.05, 0) is 18.2 Å². The highest BCUT2D eigenvalue weighted by molar-refractivity contribution is 5.90. The first-order valence-corrected chi connectivity index (χ1v) is 5.34. The quantitative estimate of drug-likeness (QED) is 0.510. The molecule has 5 N–H and O–H groups in total. The van der Waals surface area contributed by atoms with E-state index in [9.17, 15) is 15.0 Å². The van der Waals surface area contributed by atoms with Crippen LogP contribution >= 0.6 is 0 Å². The van der Waals surface area contributed by atoms with Crippen LogP contribution in [0.25, 0.3) is 0 Å². The molecule has 1 aliphatic rings. The summed E-state index contributed by atoms with van der Waals surface area (Å²) in [5.74, 6) is 0. The third-order valence-corrected chi connectivity index (χ3v) is 2.68. The third kappa shape index (κ3) is 2.66. The number of aliphatic hydroxyl groups excluding tert-OH is 2. The van der Waals surface area contributed by atoms with Gasteiger partial charge in [0.2, 0.25) is 0 Å². The average Bonchev–Trinajstić information content (AvgIpc) is 2.59. The fourth-order valence-corrected chi connectivity index (χ4v) is 1.75. The molecule has 0 bridgehead atoms. The number of carbonyl (C=O) groups is 1. The fraction of sp³-hybridized carbons (Fsp3) is 0.364. The van der Waals surface area contributed by atoms with Crippen LogP contribution in [0.4, 0.5) is 16.2 Å². The largest absolute Gasteiger partial charge is 0.399 e. The summed E-state index contributed by atoms with van der Waals surface area (Å²) in [5, 5.41) is 21.3. The molecule has 6 nitrogen and oxygen atoms in total. The number of carbonyl (C=O) groups excluding carboxylic acids is 1. The van der Waals surface area contributed by atoms with Gasteiger partial charge in [0.15, 0.2) is 0 Å². The number of hydrogen-bond acceptors (Lipinski definition) is 4. The normalized spacial score (nSPS) is 23.8. The molecule has 92 valence electrons. The zero-order valence-corrected chi connectivity index (χ0v) is 9.21. The van der Waals surface area contributed by atoms with Crippen molar-refractivity contribution in [1.29, 1.82) is 0 Å². The monoisotopic (exact) mass is 237 g/mol. The summed E-state index contributed by atoms with van der Waals surface area (Å²) in [6, 6.07) is 6.46.